The van der Waals surface area contributed by atoms with E-state index in [2.05, 4.69) is 0 Å². The third-order valence-electron chi connectivity index (χ3n) is 4.31. The Morgan fingerprint density at radius 3 is 2.50 bits per heavy atom. The largest absolute Gasteiger partial charge is 0.406 e. The van der Waals surface area contributed by atoms with Gasteiger partial charge in [-0.15, -0.1) is 0 Å². The van der Waals surface area contributed by atoms with Gasteiger partial charge in [-0.25, -0.2) is 0 Å². The Morgan fingerprint density at radius 1 is 1.20 bits per heavy atom. The maximum atomic E-state index is 13.7. The number of unbranched alkanes of at least 4 members (excludes halogenated alkanes) is 1. The summed E-state index contributed by atoms with van der Waals surface area (Å²) in [6.07, 6.45) is -1.62. The van der Waals surface area contributed by atoms with E-state index in [-0.39, 0.29) is 12.8 Å². The van der Waals surface area contributed by atoms with Gasteiger partial charge in [-0.3, -0.25) is 4.90 Å². The predicted octanol–water partition coefficient (Wildman–Crippen LogP) is 4.77. The quantitative estimate of drug-likeness (QED) is 0.753. The van der Waals surface area contributed by atoms with Gasteiger partial charge in [-0.05, 0) is 31.4 Å². The maximum absolute atomic E-state index is 13.7. The maximum Gasteiger partial charge on any atom is 0.406 e. The van der Waals surface area contributed by atoms with Gasteiger partial charge in [0.05, 0.1) is 0 Å². The summed E-state index contributed by atoms with van der Waals surface area (Å²) in [7, 11) is 0. The first-order chi connectivity index (χ1) is 9.49. The molecule has 1 aliphatic heterocycles. The van der Waals surface area contributed by atoms with Crippen LogP contribution in [0.5, 0.6) is 0 Å². The number of hydrogen-bond acceptors (Lipinski definition) is 1. The SMILES string of the molecule is CCCCC1(C(F)(F)F)CCCN1Cc1ccccc1. The highest BCUT2D eigenvalue weighted by molar-refractivity contribution is 5.16. The Bertz CT molecular complexity index is 415. The molecule has 1 aliphatic rings. The molecule has 1 heterocycles. The van der Waals surface area contributed by atoms with Crippen molar-refractivity contribution in [3.63, 3.8) is 0 Å². The number of hydrogen-bond donors (Lipinski definition) is 0. The van der Waals surface area contributed by atoms with Gasteiger partial charge in [0.25, 0.3) is 0 Å². The lowest BCUT2D eigenvalue weighted by molar-refractivity contribution is -0.228. The average molecular weight is 285 g/mol. The summed E-state index contributed by atoms with van der Waals surface area (Å²) >= 11 is 0. The van der Waals surface area contributed by atoms with Crippen LogP contribution in [0, 0.1) is 0 Å². The molecule has 1 fully saturated rings. The van der Waals surface area contributed by atoms with Gasteiger partial charge in [0.1, 0.15) is 5.54 Å². The van der Waals surface area contributed by atoms with Crippen molar-refractivity contribution in [2.75, 3.05) is 6.54 Å². The molecule has 112 valence electrons. The first-order valence-corrected chi connectivity index (χ1v) is 7.35. The average Bonchev–Trinajstić information content (AvgIpc) is 2.81. The second-order valence-corrected chi connectivity index (χ2v) is 5.64. The smallest absolute Gasteiger partial charge is 0.285 e. The van der Waals surface area contributed by atoms with E-state index < -0.39 is 11.7 Å². The fourth-order valence-corrected chi connectivity index (χ4v) is 3.18. The van der Waals surface area contributed by atoms with Crippen LogP contribution in [0.1, 0.15) is 44.6 Å². The van der Waals surface area contributed by atoms with Crippen LogP contribution in [0.25, 0.3) is 0 Å². The minimum atomic E-state index is -4.15. The van der Waals surface area contributed by atoms with Crippen molar-refractivity contribution in [3.8, 4) is 0 Å². The fraction of sp³-hybridized carbons (Fsp3) is 0.625. The summed E-state index contributed by atoms with van der Waals surface area (Å²) in [4.78, 5) is 1.65. The van der Waals surface area contributed by atoms with Crippen LogP contribution in [0.15, 0.2) is 30.3 Å². The van der Waals surface area contributed by atoms with Crippen molar-refractivity contribution in [3.05, 3.63) is 35.9 Å². The second kappa shape index (κ2) is 6.17. The molecule has 0 saturated carbocycles. The zero-order chi connectivity index (χ0) is 14.6. The molecule has 0 aliphatic carbocycles. The Kier molecular flexibility index (Phi) is 4.74. The van der Waals surface area contributed by atoms with E-state index in [1.165, 1.54) is 0 Å². The van der Waals surface area contributed by atoms with E-state index in [1.807, 2.05) is 37.3 Å². The summed E-state index contributed by atoms with van der Waals surface area (Å²) in [6.45, 7) is 2.88. The van der Waals surface area contributed by atoms with E-state index in [1.54, 1.807) is 4.90 Å². The fourth-order valence-electron chi connectivity index (χ4n) is 3.18. The van der Waals surface area contributed by atoms with Crippen molar-refractivity contribution < 1.29 is 13.2 Å². The van der Waals surface area contributed by atoms with E-state index in [9.17, 15) is 13.2 Å². The first-order valence-electron chi connectivity index (χ1n) is 7.35. The van der Waals surface area contributed by atoms with Gasteiger partial charge in [-0.1, -0.05) is 50.1 Å². The van der Waals surface area contributed by atoms with Crippen molar-refractivity contribution in [2.24, 2.45) is 0 Å². The standard InChI is InChI=1S/C16H22F3N/c1-2-3-10-15(16(17,18)19)11-7-12-20(15)13-14-8-5-4-6-9-14/h4-6,8-9H,2-3,7,10-13H2,1H3. The van der Waals surface area contributed by atoms with Crippen LogP contribution in [0.2, 0.25) is 0 Å². The molecule has 0 amide bonds. The molecule has 1 unspecified atom stereocenters. The minimum absolute atomic E-state index is 0.222. The summed E-state index contributed by atoms with van der Waals surface area (Å²) in [5, 5.41) is 0. The van der Waals surface area contributed by atoms with Crippen LogP contribution >= 0.6 is 0 Å². The van der Waals surface area contributed by atoms with Gasteiger partial charge in [0, 0.05) is 6.54 Å². The lowest BCUT2D eigenvalue weighted by Crippen LogP contribution is -2.54. The Hall–Kier alpha value is -1.03. The van der Waals surface area contributed by atoms with Crippen LogP contribution < -0.4 is 0 Å². The number of alkyl halides is 3. The van der Waals surface area contributed by atoms with Gasteiger partial charge < -0.3 is 0 Å². The van der Waals surface area contributed by atoms with E-state index in [0.717, 1.165) is 12.0 Å². The zero-order valence-corrected chi connectivity index (χ0v) is 11.9. The molecule has 0 bridgehead atoms. The van der Waals surface area contributed by atoms with Crippen LogP contribution in [-0.4, -0.2) is 23.2 Å². The molecule has 1 aromatic rings. The number of benzene rings is 1. The minimum Gasteiger partial charge on any atom is -0.285 e. The van der Waals surface area contributed by atoms with Crippen LogP contribution in [0.3, 0.4) is 0 Å². The first kappa shape index (κ1) is 15.4. The van der Waals surface area contributed by atoms with Crippen LogP contribution in [0.4, 0.5) is 13.2 Å². The molecule has 1 nitrogen and oxygen atoms in total. The third kappa shape index (κ3) is 3.00. The summed E-state index contributed by atoms with van der Waals surface area (Å²) in [6, 6.07) is 9.46. The molecule has 0 N–H and O–H groups in total. The number of halogens is 3. The number of nitrogens with zero attached hydrogens (tertiary/aromatic N) is 1. The Morgan fingerprint density at radius 2 is 1.90 bits per heavy atom. The number of likely N-dealkylation sites (tertiary alicyclic amines) is 1. The molecule has 1 saturated heterocycles. The summed E-state index contributed by atoms with van der Waals surface area (Å²) in [5.41, 5.74) is -0.654. The van der Waals surface area contributed by atoms with Crippen molar-refractivity contribution in [1.29, 1.82) is 0 Å². The highest BCUT2D eigenvalue weighted by atomic mass is 19.4. The van der Waals surface area contributed by atoms with Crippen molar-refractivity contribution in [1.82, 2.24) is 4.90 Å². The Balaban J connectivity index is 2.21. The third-order valence-corrected chi connectivity index (χ3v) is 4.31. The molecule has 0 spiro atoms. The Labute approximate surface area is 118 Å². The van der Waals surface area contributed by atoms with Crippen LogP contribution in [-0.2, 0) is 6.54 Å². The van der Waals surface area contributed by atoms with Gasteiger partial charge in [0.15, 0.2) is 0 Å². The van der Waals surface area contributed by atoms with E-state index in [4.69, 9.17) is 0 Å². The molecule has 2 rings (SSSR count). The van der Waals surface area contributed by atoms with E-state index in [0.29, 0.717) is 25.9 Å². The number of rotatable bonds is 5. The second-order valence-electron chi connectivity index (χ2n) is 5.64. The van der Waals surface area contributed by atoms with Crippen molar-refractivity contribution in [2.45, 2.75) is 57.3 Å². The summed E-state index contributed by atoms with van der Waals surface area (Å²) in [5.74, 6) is 0. The van der Waals surface area contributed by atoms with Gasteiger partial charge in [0.2, 0.25) is 0 Å². The van der Waals surface area contributed by atoms with E-state index >= 15 is 0 Å². The zero-order valence-electron chi connectivity index (χ0n) is 11.9. The highest BCUT2D eigenvalue weighted by Crippen LogP contribution is 2.47. The molecular weight excluding hydrogens is 263 g/mol. The molecular formula is C16H22F3N. The lowest BCUT2D eigenvalue weighted by atomic mass is 9.88. The van der Waals surface area contributed by atoms with Crippen molar-refractivity contribution >= 4 is 0 Å². The molecule has 0 aromatic heterocycles. The molecule has 1 aromatic carbocycles. The summed E-state index contributed by atoms with van der Waals surface area (Å²) < 4.78 is 41.0. The molecule has 20 heavy (non-hydrogen) atoms. The van der Waals surface area contributed by atoms with Gasteiger partial charge >= 0.3 is 6.18 Å². The molecule has 4 heteroatoms. The van der Waals surface area contributed by atoms with Gasteiger partial charge in [-0.2, -0.15) is 13.2 Å². The highest BCUT2D eigenvalue weighted by Gasteiger charge is 2.59. The predicted molar refractivity (Wildman–Crippen MR) is 74.4 cm³/mol. The monoisotopic (exact) mass is 285 g/mol. The topological polar surface area (TPSA) is 3.24 Å². The lowest BCUT2D eigenvalue weighted by Gasteiger charge is -2.40. The normalized spacial score (nSPS) is 24.2. The molecule has 1 atom stereocenters. The molecule has 0 radical (unpaired) electrons.